The van der Waals surface area contributed by atoms with Gasteiger partial charge in [0.05, 0.1) is 20.0 Å². The average molecular weight is 423 g/mol. The molecule has 0 heterocycles. The summed E-state index contributed by atoms with van der Waals surface area (Å²) < 4.78 is 10.2. The fraction of sp³-hybridized carbons (Fsp3) is 0.130. The van der Waals surface area contributed by atoms with Gasteiger partial charge in [-0.2, -0.15) is 0 Å². The standard InChI is InChI=1S/C23H22N2O4S/c1-28-19-10-6-16(7-11-19)23(27)25-18-4-3-5-21(14-18)30-15-22(26)24-17-8-12-20(29-2)13-9-17/h3-14H,15H2,1-2H3,(H,24,26)(H,25,27). The summed E-state index contributed by atoms with van der Waals surface area (Å²) in [5.74, 6) is 1.35. The Hall–Kier alpha value is -3.45. The van der Waals surface area contributed by atoms with Gasteiger partial charge >= 0.3 is 0 Å². The Morgan fingerprint density at radius 2 is 1.43 bits per heavy atom. The van der Waals surface area contributed by atoms with Crippen LogP contribution < -0.4 is 20.1 Å². The van der Waals surface area contributed by atoms with Crippen molar-refractivity contribution >= 4 is 35.0 Å². The normalized spacial score (nSPS) is 10.2. The van der Waals surface area contributed by atoms with E-state index in [0.717, 1.165) is 10.6 Å². The third-order valence-electron chi connectivity index (χ3n) is 4.19. The van der Waals surface area contributed by atoms with Crippen LogP contribution in [0.4, 0.5) is 11.4 Å². The van der Waals surface area contributed by atoms with Crippen molar-refractivity contribution in [2.45, 2.75) is 4.90 Å². The molecule has 0 aliphatic heterocycles. The predicted molar refractivity (Wildman–Crippen MR) is 120 cm³/mol. The Morgan fingerprint density at radius 1 is 0.800 bits per heavy atom. The number of hydrogen-bond acceptors (Lipinski definition) is 5. The molecule has 30 heavy (non-hydrogen) atoms. The van der Waals surface area contributed by atoms with E-state index in [1.807, 2.05) is 24.3 Å². The fourth-order valence-corrected chi connectivity index (χ4v) is 3.38. The molecule has 3 aromatic rings. The van der Waals surface area contributed by atoms with Crippen LogP contribution >= 0.6 is 11.8 Å². The summed E-state index contributed by atoms with van der Waals surface area (Å²) in [6.07, 6.45) is 0. The molecule has 0 aliphatic rings. The minimum Gasteiger partial charge on any atom is -0.497 e. The maximum Gasteiger partial charge on any atom is 0.255 e. The second-order valence-electron chi connectivity index (χ2n) is 6.28. The second kappa shape index (κ2) is 10.4. The highest BCUT2D eigenvalue weighted by atomic mass is 32.2. The molecule has 0 unspecified atom stereocenters. The minimum absolute atomic E-state index is 0.113. The van der Waals surface area contributed by atoms with Gasteiger partial charge in [0.1, 0.15) is 11.5 Å². The number of nitrogens with one attached hydrogen (secondary N) is 2. The molecule has 0 fully saturated rings. The zero-order valence-corrected chi connectivity index (χ0v) is 17.5. The number of hydrogen-bond donors (Lipinski definition) is 2. The highest BCUT2D eigenvalue weighted by Crippen LogP contribution is 2.23. The SMILES string of the molecule is COc1ccc(NC(=O)CSc2cccc(NC(=O)c3ccc(OC)cc3)c2)cc1. The molecule has 3 aromatic carbocycles. The van der Waals surface area contributed by atoms with Crippen molar-refractivity contribution in [2.75, 3.05) is 30.6 Å². The van der Waals surface area contributed by atoms with E-state index < -0.39 is 0 Å². The molecule has 0 radical (unpaired) electrons. The molecule has 2 amide bonds. The molecule has 0 saturated carbocycles. The van der Waals surface area contributed by atoms with Crippen LogP contribution in [0.2, 0.25) is 0 Å². The first-order chi connectivity index (χ1) is 14.6. The van der Waals surface area contributed by atoms with Gasteiger partial charge < -0.3 is 20.1 Å². The predicted octanol–water partition coefficient (Wildman–Crippen LogP) is 4.69. The third kappa shape index (κ3) is 6.02. The van der Waals surface area contributed by atoms with E-state index in [1.165, 1.54) is 11.8 Å². The summed E-state index contributed by atoms with van der Waals surface area (Å²) in [7, 11) is 3.17. The lowest BCUT2D eigenvalue weighted by atomic mass is 10.2. The number of benzene rings is 3. The van der Waals surface area contributed by atoms with Crippen LogP contribution in [0.15, 0.2) is 77.7 Å². The monoisotopic (exact) mass is 422 g/mol. The van der Waals surface area contributed by atoms with Crippen molar-refractivity contribution in [3.63, 3.8) is 0 Å². The maximum absolute atomic E-state index is 12.4. The van der Waals surface area contributed by atoms with Gasteiger partial charge in [-0.15, -0.1) is 11.8 Å². The van der Waals surface area contributed by atoms with Crippen molar-refractivity contribution in [1.29, 1.82) is 0 Å². The molecule has 0 atom stereocenters. The number of carbonyl (C=O) groups is 2. The Balaban J connectivity index is 1.54. The van der Waals surface area contributed by atoms with Gasteiger partial charge in [0.25, 0.3) is 5.91 Å². The van der Waals surface area contributed by atoms with E-state index in [9.17, 15) is 9.59 Å². The molecule has 6 nitrogen and oxygen atoms in total. The van der Waals surface area contributed by atoms with Crippen molar-refractivity contribution in [3.05, 3.63) is 78.4 Å². The molecule has 2 N–H and O–H groups in total. The van der Waals surface area contributed by atoms with E-state index in [1.54, 1.807) is 62.8 Å². The lowest BCUT2D eigenvalue weighted by Crippen LogP contribution is -2.14. The van der Waals surface area contributed by atoms with Crippen molar-refractivity contribution in [3.8, 4) is 11.5 Å². The van der Waals surface area contributed by atoms with Gasteiger partial charge in [-0.3, -0.25) is 9.59 Å². The molecule has 0 bridgehead atoms. The Labute approximate surface area is 179 Å². The van der Waals surface area contributed by atoms with Gasteiger partial charge in [0, 0.05) is 21.8 Å². The van der Waals surface area contributed by atoms with E-state index >= 15 is 0 Å². The smallest absolute Gasteiger partial charge is 0.255 e. The number of thioether (sulfide) groups is 1. The average Bonchev–Trinajstić information content (AvgIpc) is 2.78. The summed E-state index contributed by atoms with van der Waals surface area (Å²) in [6, 6.07) is 21.4. The first kappa shape index (κ1) is 21.3. The highest BCUT2D eigenvalue weighted by molar-refractivity contribution is 8.00. The van der Waals surface area contributed by atoms with Gasteiger partial charge in [-0.05, 0) is 66.7 Å². The lowest BCUT2D eigenvalue weighted by molar-refractivity contribution is -0.113. The van der Waals surface area contributed by atoms with Crippen LogP contribution in [0.5, 0.6) is 11.5 Å². The number of ether oxygens (including phenoxy) is 2. The molecule has 3 rings (SSSR count). The van der Waals surface area contributed by atoms with E-state index in [-0.39, 0.29) is 17.6 Å². The quantitative estimate of drug-likeness (QED) is 0.515. The zero-order valence-electron chi connectivity index (χ0n) is 16.7. The fourth-order valence-electron chi connectivity index (χ4n) is 2.63. The van der Waals surface area contributed by atoms with Crippen LogP contribution in [0.25, 0.3) is 0 Å². The van der Waals surface area contributed by atoms with E-state index in [4.69, 9.17) is 9.47 Å². The number of methoxy groups -OCH3 is 2. The number of carbonyl (C=O) groups excluding carboxylic acids is 2. The van der Waals surface area contributed by atoms with Crippen LogP contribution in [-0.4, -0.2) is 31.8 Å². The second-order valence-corrected chi connectivity index (χ2v) is 7.32. The molecule has 0 aromatic heterocycles. The molecule has 7 heteroatoms. The maximum atomic E-state index is 12.4. The Bertz CT molecular complexity index is 1000. The van der Waals surface area contributed by atoms with Crippen molar-refractivity contribution < 1.29 is 19.1 Å². The number of amides is 2. The van der Waals surface area contributed by atoms with Crippen LogP contribution in [0, 0.1) is 0 Å². The van der Waals surface area contributed by atoms with E-state index in [0.29, 0.717) is 22.7 Å². The highest BCUT2D eigenvalue weighted by Gasteiger charge is 2.08. The van der Waals surface area contributed by atoms with Crippen molar-refractivity contribution in [1.82, 2.24) is 0 Å². The molecule has 0 saturated heterocycles. The largest absolute Gasteiger partial charge is 0.497 e. The van der Waals surface area contributed by atoms with Crippen LogP contribution in [0.1, 0.15) is 10.4 Å². The first-order valence-electron chi connectivity index (χ1n) is 9.19. The summed E-state index contributed by atoms with van der Waals surface area (Å²) in [5, 5.41) is 5.71. The van der Waals surface area contributed by atoms with Crippen LogP contribution in [-0.2, 0) is 4.79 Å². The van der Waals surface area contributed by atoms with Crippen molar-refractivity contribution in [2.24, 2.45) is 0 Å². The van der Waals surface area contributed by atoms with Gasteiger partial charge in [0.15, 0.2) is 0 Å². The number of rotatable bonds is 8. The molecule has 0 spiro atoms. The Kier molecular flexibility index (Phi) is 7.34. The Morgan fingerprint density at radius 3 is 2.07 bits per heavy atom. The van der Waals surface area contributed by atoms with Gasteiger partial charge in [-0.1, -0.05) is 6.07 Å². The first-order valence-corrected chi connectivity index (χ1v) is 10.2. The third-order valence-corrected chi connectivity index (χ3v) is 5.18. The molecular weight excluding hydrogens is 400 g/mol. The lowest BCUT2D eigenvalue weighted by Gasteiger charge is -2.09. The zero-order chi connectivity index (χ0) is 21.3. The summed E-state index contributed by atoms with van der Waals surface area (Å²) in [6.45, 7) is 0. The topological polar surface area (TPSA) is 76.7 Å². The number of anilines is 2. The summed E-state index contributed by atoms with van der Waals surface area (Å²) in [4.78, 5) is 25.5. The van der Waals surface area contributed by atoms with Gasteiger partial charge in [0.2, 0.25) is 5.91 Å². The molecular formula is C23H22N2O4S. The van der Waals surface area contributed by atoms with E-state index in [2.05, 4.69) is 10.6 Å². The molecule has 154 valence electrons. The molecule has 0 aliphatic carbocycles. The summed E-state index contributed by atoms with van der Waals surface area (Å²) in [5.41, 5.74) is 1.91. The van der Waals surface area contributed by atoms with Crippen LogP contribution in [0.3, 0.4) is 0 Å². The van der Waals surface area contributed by atoms with Gasteiger partial charge in [-0.25, -0.2) is 0 Å². The minimum atomic E-state index is -0.211. The summed E-state index contributed by atoms with van der Waals surface area (Å²) >= 11 is 1.39.